The van der Waals surface area contributed by atoms with Crippen LogP contribution in [0.4, 0.5) is 0 Å². The quantitative estimate of drug-likeness (QED) is 0.701. The number of β-amino-alcohol motifs (C(OH)–C–C–N with tert-alkyl or cyclic N) is 1. The molecule has 1 atom stereocenters. The fraction of sp³-hybridized carbons (Fsp3) is 0.708. The number of aliphatic hydroxyl groups is 1. The number of benzene rings is 1. The molecule has 0 spiro atoms. The highest BCUT2D eigenvalue weighted by Crippen LogP contribution is 2.29. The summed E-state index contributed by atoms with van der Waals surface area (Å²) in [5, 5.41) is 19.6. The van der Waals surface area contributed by atoms with Crippen molar-refractivity contribution < 1.29 is 14.6 Å². The van der Waals surface area contributed by atoms with Gasteiger partial charge in [0.25, 0.3) is 0 Å². The molecule has 1 unspecified atom stereocenters. The van der Waals surface area contributed by atoms with Gasteiger partial charge >= 0.3 is 0 Å². The van der Waals surface area contributed by atoms with Gasteiger partial charge in [0.05, 0.1) is 13.2 Å². The minimum Gasteiger partial charge on any atom is -0.493 e. The lowest BCUT2D eigenvalue weighted by Crippen LogP contribution is -2.37. The van der Waals surface area contributed by atoms with E-state index in [-0.39, 0.29) is 12.5 Å². The molecule has 0 saturated carbocycles. The first kappa shape index (κ1) is 22.9. The molecule has 0 aromatic heterocycles. The van der Waals surface area contributed by atoms with Crippen molar-refractivity contribution in [2.24, 2.45) is 5.92 Å². The van der Waals surface area contributed by atoms with Crippen LogP contribution in [-0.2, 0) is 6.54 Å². The molecule has 0 amide bonds. The Morgan fingerprint density at radius 2 is 1.73 bits per heavy atom. The van der Waals surface area contributed by atoms with Gasteiger partial charge in [-0.25, -0.2) is 0 Å². The number of nitriles is 1. The van der Waals surface area contributed by atoms with E-state index >= 15 is 0 Å². The van der Waals surface area contributed by atoms with Gasteiger partial charge in [-0.1, -0.05) is 25.3 Å². The SMILES string of the molecule is COc1ccc(CN2CCC(C#N)CC2)cc1OCC(O)CN1CCCCCCC1. The molecule has 2 aliphatic rings. The molecule has 6 heteroatoms. The second-order valence-corrected chi connectivity index (χ2v) is 8.70. The van der Waals surface area contributed by atoms with Crippen LogP contribution in [0.15, 0.2) is 18.2 Å². The Hall–Kier alpha value is -1.81. The van der Waals surface area contributed by atoms with Gasteiger partial charge in [-0.3, -0.25) is 4.90 Å². The molecule has 2 heterocycles. The number of likely N-dealkylation sites (tertiary alicyclic amines) is 2. The third-order valence-corrected chi connectivity index (χ3v) is 6.25. The van der Waals surface area contributed by atoms with Crippen molar-refractivity contribution in [2.75, 3.05) is 46.4 Å². The number of ether oxygens (including phenoxy) is 2. The molecule has 2 fully saturated rings. The van der Waals surface area contributed by atoms with Crippen LogP contribution in [0.25, 0.3) is 0 Å². The summed E-state index contributed by atoms with van der Waals surface area (Å²) in [7, 11) is 1.64. The molecule has 2 aliphatic heterocycles. The standard InChI is InChI=1S/C24H37N3O3/c1-29-23-8-7-21(17-27-13-9-20(16-25)10-14-27)15-24(23)30-19-22(28)18-26-11-5-3-2-4-6-12-26/h7-8,15,20,22,28H,2-6,9-14,17-19H2,1H3. The van der Waals surface area contributed by atoms with Crippen LogP contribution in [0.3, 0.4) is 0 Å². The first-order valence-electron chi connectivity index (χ1n) is 11.5. The summed E-state index contributed by atoms with van der Waals surface area (Å²) in [6.07, 6.45) is 7.73. The summed E-state index contributed by atoms with van der Waals surface area (Å²) in [6, 6.07) is 8.42. The summed E-state index contributed by atoms with van der Waals surface area (Å²) in [6.45, 7) is 5.81. The lowest BCUT2D eigenvalue weighted by Gasteiger charge is -2.29. The molecule has 166 valence electrons. The lowest BCUT2D eigenvalue weighted by atomic mass is 9.98. The van der Waals surface area contributed by atoms with Crippen LogP contribution in [-0.4, -0.2) is 67.5 Å². The summed E-state index contributed by atoms with van der Waals surface area (Å²) in [4.78, 5) is 4.75. The van der Waals surface area contributed by atoms with Crippen molar-refractivity contribution in [3.63, 3.8) is 0 Å². The smallest absolute Gasteiger partial charge is 0.161 e. The van der Waals surface area contributed by atoms with E-state index < -0.39 is 6.10 Å². The molecule has 3 rings (SSSR count). The molecule has 1 aromatic rings. The molecule has 1 N–H and O–H groups in total. The molecule has 6 nitrogen and oxygen atoms in total. The highest BCUT2D eigenvalue weighted by molar-refractivity contribution is 5.43. The highest BCUT2D eigenvalue weighted by Gasteiger charge is 2.19. The van der Waals surface area contributed by atoms with Gasteiger partial charge in [0.15, 0.2) is 11.5 Å². The van der Waals surface area contributed by atoms with Crippen molar-refractivity contribution >= 4 is 0 Å². The Balaban J connectivity index is 1.51. The van der Waals surface area contributed by atoms with E-state index in [4.69, 9.17) is 14.7 Å². The van der Waals surface area contributed by atoms with Gasteiger partial charge in [-0.15, -0.1) is 0 Å². The zero-order chi connectivity index (χ0) is 21.2. The molecule has 30 heavy (non-hydrogen) atoms. The van der Waals surface area contributed by atoms with E-state index in [1.807, 2.05) is 12.1 Å². The molecule has 0 bridgehead atoms. The van der Waals surface area contributed by atoms with Crippen molar-refractivity contribution in [1.29, 1.82) is 5.26 Å². The lowest BCUT2D eigenvalue weighted by molar-refractivity contribution is 0.0644. The average Bonchev–Trinajstić information content (AvgIpc) is 2.75. The van der Waals surface area contributed by atoms with Gasteiger partial charge in [-0.2, -0.15) is 5.26 Å². The molecule has 2 saturated heterocycles. The summed E-state index contributed by atoms with van der Waals surface area (Å²) in [5.74, 6) is 1.58. The number of hydrogen-bond donors (Lipinski definition) is 1. The first-order chi connectivity index (χ1) is 14.7. The van der Waals surface area contributed by atoms with Crippen LogP contribution in [0.2, 0.25) is 0 Å². The molecular weight excluding hydrogens is 378 g/mol. The zero-order valence-electron chi connectivity index (χ0n) is 18.4. The topological polar surface area (TPSA) is 69.0 Å². The minimum absolute atomic E-state index is 0.200. The van der Waals surface area contributed by atoms with E-state index in [1.165, 1.54) is 37.7 Å². The largest absolute Gasteiger partial charge is 0.493 e. The number of piperidine rings is 1. The number of aliphatic hydroxyl groups excluding tert-OH is 1. The number of rotatable bonds is 8. The Bertz CT molecular complexity index is 675. The van der Waals surface area contributed by atoms with Crippen LogP contribution in [0, 0.1) is 17.2 Å². The molecule has 0 aliphatic carbocycles. The second kappa shape index (κ2) is 12.1. The van der Waals surface area contributed by atoms with E-state index in [0.717, 1.165) is 45.6 Å². The minimum atomic E-state index is -0.511. The van der Waals surface area contributed by atoms with Crippen molar-refractivity contribution in [1.82, 2.24) is 9.80 Å². The van der Waals surface area contributed by atoms with Gasteiger partial charge in [0.2, 0.25) is 0 Å². The Morgan fingerprint density at radius 1 is 1.03 bits per heavy atom. The van der Waals surface area contributed by atoms with E-state index in [0.29, 0.717) is 18.0 Å². The van der Waals surface area contributed by atoms with Crippen LogP contribution in [0.1, 0.15) is 50.5 Å². The van der Waals surface area contributed by atoms with Crippen molar-refractivity contribution in [2.45, 2.75) is 57.6 Å². The predicted octanol–water partition coefficient (Wildman–Crippen LogP) is 3.44. The number of hydrogen-bond acceptors (Lipinski definition) is 6. The van der Waals surface area contributed by atoms with Crippen LogP contribution >= 0.6 is 0 Å². The number of methoxy groups -OCH3 is 1. The maximum atomic E-state index is 10.5. The Kier molecular flexibility index (Phi) is 9.26. The Morgan fingerprint density at radius 3 is 2.40 bits per heavy atom. The maximum Gasteiger partial charge on any atom is 0.161 e. The van der Waals surface area contributed by atoms with Gasteiger partial charge in [0.1, 0.15) is 12.7 Å². The maximum absolute atomic E-state index is 10.5. The van der Waals surface area contributed by atoms with Crippen molar-refractivity contribution in [3.8, 4) is 17.6 Å². The van der Waals surface area contributed by atoms with Crippen molar-refractivity contribution in [3.05, 3.63) is 23.8 Å². The number of nitrogens with zero attached hydrogens (tertiary/aromatic N) is 3. The highest BCUT2D eigenvalue weighted by atomic mass is 16.5. The zero-order valence-corrected chi connectivity index (χ0v) is 18.4. The van der Waals surface area contributed by atoms with E-state index in [9.17, 15) is 5.11 Å². The second-order valence-electron chi connectivity index (χ2n) is 8.70. The van der Waals surface area contributed by atoms with E-state index in [2.05, 4.69) is 21.9 Å². The monoisotopic (exact) mass is 415 g/mol. The van der Waals surface area contributed by atoms with Crippen LogP contribution in [0.5, 0.6) is 11.5 Å². The van der Waals surface area contributed by atoms with Gasteiger partial charge in [0, 0.05) is 19.0 Å². The van der Waals surface area contributed by atoms with Gasteiger partial charge < -0.3 is 19.5 Å². The third kappa shape index (κ3) is 7.16. The van der Waals surface area contributed by atoms with E-state index in [1.54, 1.807) is 7.11 Å². The van der Waals surface area contributed by atoms with Crippen LogP contribution < -0.4 is 9.47 Å². The molecular formula is C24H37N3O3. The summed E-state index contributed by atoms with van der Waals surface area (Å²) >= 11 is 0. The molecule has 1 aromatic carbocycles. The molecule has 0 radical (unpaired) electrons. The first-order valence-corrected chi connectivity index (χ1v) is 11.5. The summed E-state index contributed by atoms with van der Waals surface area (Å²) in [5.41, 5.74) is 1.17. The predicted molar refractivity (Wildman–Crippen MR) is 118 cm³/mol. The Labute approximate surface area is 181 Å². The normalized spacial score (nSPS) is 20.7. The third-order valence-electron chi connectivity index (χ3n) is 6.25. The fourth-order valence-electron chi connectivity index (χ4n) is 4.44. The summed E-state index contributed by atoms with van der Waals surface area (Å²) < 4.78 is 11.5. The average molecular weight is 416 g/mol. The van der Waals surface area contributed by atoms with Gasteiger partial charge in [-0.05, 0) is 69.6 Å². The fourth-order valence-corrected chi connectivity index (χ4v) is 4.44.